The van der Waals surface area contributed by atoms with E-state index in [0.717, 1.165) is 17.3 Å². The van der Waals surface area contributed by atoms with Crippen LogP contribution in [0.1, 0.15) is 55.5 Å². The zero-order chi connectivity index (χ0) is 20.4. The summed E-state index contributed by atoms with van der Waals surface area (Å²) in [5, 5.41) is 11.4. The summed E-state index contributed by atoms with van der Waals surface area (Å²) in [5.74, 6) is 0.429. The molecule has 3 heteroatoms. The number of phenolic OH excluding ortho intramolecular Hbond substituents is 1. The van der Waals surface area contributed by atoms with Gasteiger partial charge in [0, 0.05) is 11.0 Å². The second-order valence-corrected chi connectivity index (χ2v) is 10.5. The Balaban J connectivity index is 2.36. The van der Waals surface area contributed by atoms with Crippen LogP contribution in [0.4, 0.5) is 0 Å². The molecule has 0 fully saturated rings. The fraction of sp³-hybridized carbons (Fsp3) is 0.280. The maximum absolute atomic E-state index is 11.4. The Morgan fingerprint density at radius 3 is 1.71 bits per heavy atom. The van der Waals surface area contributed by atoms with E-state index < -0.39 is 5.41 Å². The molecular formula is C25H30OP2. The number of hydrogen-bond donors (Lipinski definition) is 1. The highest BCUT2D eigenvalue weighted by molar-refractivity contribution is 8.02. The van der Waals surface area contributed by atoms with Crippen molar-refractivity contribution in [2.24, 2.45) is 0 Å². The van der Waals surface area contributed by atoms with Crippen LogP contribution in [0.3, 0.4) is 0 Å². The lowest BCUT2D eigenvalue weighted by molar-refractivity contribution is 0.451. The number of benzene rings is 3. The van der Waals surface area contributed by atoms with E-state index in [9.17, 15) is 5.11 Å². The van der Waals surface area contributed by atoms with E-state index in [-0.39, 0.29) is 5.41 Å². The highest BCUT2D eigenvalue weighted by Gasteiger charge is 2.35. The Labute approximate surface area is 173 Å². The van der Waals surface area contributed by atoms with Crippen LogP contribution in [0.2, 0.25) is 0 Å². The molecule has 1 N–H and O–H groups in total. The van der Waals surface area contributed by atoms with Crippen molar-refractivity contribution < 1.29 is 5.11 Å². The molecule has 0 heterocycles. The van der Waals surface area contributed by atoms with Gasteiger partial charge < -0.3 is 5.11 Å². The third kappa shape index (κ3) is 4.03. The minimum absolute atomic E-state index is 0.00941. The smallest absolute Gasteiger partial charge is 0.123 e. The van der Waals surface area contributed by atoms with Gasteiger partial charge in [-0.25, -0.2) is 0 Å². The van der Waals surface area contributed by atoms with E-state index in [0.29, 0.717) is 14.0 Å². The molecule has 0 saturated heterocycles. The van der Waals surface area contributed by atoms with Crippen LogP contribution >= 0.6 is 17.2 Å². The molecule has 3 rings (SSSR count). The summed E-state index contributed by atoms with van der Waals surface area (Å²) < 4.78 is 0. The van der Waals surface area contributed by atoms with Gasteiger partial charge in [-0.2, -0.15) is 0 Å². The third-order valence-corrected chi connectivity index (χ3v) is 6.79. The van der Waals surface area contributed by atoms with E-state index in [2.05, 4.69) is 97.3 Å². The van der Waals surface area contributed by atoms with Crippen LogP contribution in [-0.4, -0.2) is 5.11 Å². The summed E-state index contributed by atoms with van der Waals surface area (Å²) in [4.78, 5) is 0. The monoisotopic (exact) mass is 408 g/mol. The Morgan fingerprint density at radius 1 is 0.786 bits per heavy atom. The van der Waals surface area contributed by atoms with Crippen molar-refractivity contribution in [2.45, 2.75) is 44.7 Å². The van der Waals surface area contributed by atoms with Gasteiger partial charge in [-0.3, -0.25) is 0 Å². The van der Waals surface area contributed by atoms with Gasteiger partial charge in [0.05, 0.1) is 0 Å². The molecule has 0 aliphatic heterocycles. The quantitative estimate of drug-likeness (QED) is 0.355. The average Bonchev–Trinajstić information content (AvgIpc) is 2.69. The highest BCUT2D eigenvalue weighted by Crippen LogP contribution is 2.46. The number of hydrogen-bond acceptors (Lipinski definition) is 1. The summed E-state index contributed by atoms with van der Waals surface area (Å²) in [6.07, 6.45) is 0.868. The molecule has 3 aromatic carbocycles. The predicted molar refractivity (Wildman–Crippen MR) is 127 cm³/mol. The van der Waals surface area contributed by atoms with Crippen LogP contribution in [0.15, 0.2) is 72.8 Å². The molecule has 0 bridgehead atoms. The van der Waals surface area contributed by atoms with Crippen LogP contribution in [-0.2, 0) is 17.0 Å². The number of aromatic hydroxyl groups is 1. The largest absolute Gasteiger partial charge is 0.507 e. The SMILES string of the molecule is CC(C)(C)c1cc(CPP)c(O)c(C(C)(c2ccccc2)c2ccccc2)c1. The molecule has 1 nitrogen and oxygen atoms in total. The number of rotatable bonds is 5. The van der Waals surface area contributed by atoms with Gasteiger partial charge in [-0.15, -0.1) is 8.93 Å². The molecule has 0 aliphatic carbocycles. The highest BCUT2D eigenvalue weighted by atomic mass is 32.0. The van der Waals surface area contributed by atoms with Crippen LogP contribution in [0.25, 0.3) is 0 Å². The molecule has 0 radical (unpaired) electrons. The van der Waals surface area contributed by atoms with Crippen molar-refractivity contribution in [3.05, 3.63) is 101 Å². The first kappa shape index (κ1) is 21.0. The van der Waals surface area contributed by atoms with Gasteiger partial charge in [0.1, 0.15) is 5.75 Å². The second kappa shape index (κ2) is 8.36. The zero-order valence-electron chi connectivity index (χ0n) is 17.2. The minimum Gasteiger partial charge on any atom is -0.507 e. The summed E-state index contributed by atoms with van der Waals surface area (Å²) in [6, 6.07) is 25.4. The topological polar surface area (TPSA) is 20.2 Å². The van der Waals surface area contributed by atoms with Crippen molar-refractivity contribution in [1.82, 2.24) is 0 Å². The van der Waals surface area contributed by atoms with E-state index in [1.165, 1.54) is 16.7 Å². The van der Waals surface area contributed by atoms with Gasteiger partial charge in [0.25, 0.3) is 0 Å². The fourth-order valence-corrected chi connectivity index (χ4v) is 4.92. The van der Waals surface area contributed by atoms with Crippen molar-refractivity contribution in [3.8, 4) is 5.75 Å². The fourth-order valence-electron chi connectivity index (χ4n) is 3.77. The van der Waals surface area contributed by atoms with Crippen LogP contribution < -0.4 is 0 Å². The van der Waals surface area contributed by atoms with Crippen molar-refractivity contribution in [1.29, 1.82) is 0 Å². The summed E-state index contributed by atoms with van der Waals surface area (Å²) in [7, 11) is 3.49. The first-order valence-corrected chi connectivity index (χ1v) is 12.7. The summed E-state index contributed by atoms with van der Waals surface area (Å²) >= 11 is 0. The van der Waals surface area contributed by atoms with Crippen molar-refractivity contribution in [3.63, 3.8) is 0 Å². The molecule has 0 amide bonds. The molecule has 0 aromatic heterocycles. The van der Waals surface area contributed by atoms with Gasteiger partial charge in [-0.05, 0) is 40.8 Å². The zero-order valence-corrected chi connectivity index (χ0v) is 19.3. The molecule has 3 aromatic rings. The molecule has 0 saturated carbocycles. The Kier molecular flexibility index (Phi) is 6.28. The molecule has 0 spiro atoms. The molecule has 28 heavy (non-hydrogen) atoms. The lowest BCUT2D eigenvalue weighted by atomic mass is 9.69. The van der Waals surface area contributed by atoms with E-state index in [1.807, 2.05) is 12.1 Å². The van der Waals surface area contributed by atoms with Gasteiger partial charge in [0.2, 0.25) is 0 Å². The van der Waals surface area contributed by atoms with Gasteiger partial charge >= 0.3 is 0 Å². The van der Waals surface area contributed by atoms with E-state index >= 15 is 0 Å². The predicted octanol–water partition coefficient (Wildman–Crippen LogP) is 7.01. The van der Waals surface area contributed by atoms with Gasteiger partial charge in [-0.1, -0.05) is 102 Å². The normalized spacial score (nSPS) is 12.6. The summed E-state index contributed by atoms with van der Waals surface area (Å²) in [5.41, 5.74) is 5.21. The van der Waals surface area contributed by atoms with Crippen molar-refractivity contribution >= 4 is 17.2 Å². The first-order chi connectivity index (χ1) is 13.3. The Morgan fingerprint density at radius 2 is 1.29 bits per heavy atom. The van der Waals surface area contributed by atoms with Crippen molar-refractivity contribution in [2.75, 3.05) is 0 Å². The molecule has 146 valence electrons. The van der Waals surface area contributed by atoms with E-state index in [4.69, 9.17) is 0 Å². The van der Waals surface area contributed by atoms with Crippen LogP contribution in [0.5, 0.6) is 5.75 Å². The minimum atomic E-state index is -0.438. The standard InChI is InChI=1S/C25H30OP2/c1-24(2,3)21-15-18(17-28-27)23(26)22(16-21)25(4,19-11-7-5-8-12-19)20-13-9-6-10-14-20/h5-16,26,28H,17,27H2,1-4H3. The first-order valence-electron chi connectivity index (χ1n) is 9.70. The summed E-state index contributed by atoms with van der Waals surface area (Å²) in [6.45, 7) is 8.93. The molecule has 2 atom stereocenters. The third-order valence-electron chi connectivity index (χ3n) is 5.59. The maximum Gasteiger partial charge on any atom is 0.123 e. The second-order valence-electron chi connectivity index (χ2n) is 8.52. The molecule has 2 unspecified atom stereocenters. The number of phenols is 1. The van der Waals surface area contributed by atoms with E-state index in [1.54, 1.807) is 0 Å². The lowest BCUT2D eigenvalue weighted by Gasteiger charge is -2.34. The Bertz CT molecular complexity index is 889. The van der Waals surface area contributed by atoms with Crippen LogP contribution in [0, 0.1) is 0 Å². The maximum atomic E-state index is 11.4. The molecular weight excluding hydrogens is 378 g/mol. The molecule has 0 aliphatic rings. The Hall–Kier alpha value is -1.68. The van der Waals surface area contributed by atoms with Gasteiger partial charge in [0.15, 0.2) is 0 Å². The average molecular weight is 408 g/mol. The lowest BCUT2D eigenvalue weighted by Crippen LogP contribution is -2.27.